The molecule has 0 bridgehead atoms. The summed E-state index contributed by atoms with van der Waals surface area (Å²) in [5.41, 5.74) is -0.499. The van der Waals surface area contributed by atoms with Gasteiger partial charge in [-0.05, 0) is 49.4 Å². The molecule has 1 aliphatic heterocycles. The number of alkyl halides is 3. The van der Waals surface area contributed by atoms with Gasteiger partial charge in [0.25, 0.3) is 0 Å². The molecule has 0 unspecified atom stereocenters. The molecule has 32 heavy (non-hydrogen) atoms. The topological polar surface area (TPSA) is 74.6 Å². The van der Waals surface area contributed by atoms with E-state index in [1.165, 1.54) is 13.2 Å². The van der Waals surface area contributed by atoms with Gasteiger partial charge >= 0.3 is 6.18 Å². The summed E-state index contributed by atoms with van der Waals surface area (Å²) in [6.45, 7) is 3.30. The Morgan fingerprint density at radius 2 is 1.94 bits per heavy atom. The number of ether oxygens (including phenoxy) is 2. The van der Waals surface area contributed by atoms with Crippen molar-refractivity contribution in [3.63, 3.8) is 0 Å². The third kappa shape index (κ3) is 5.32. The molecule has 3 rings (SSSR count). The van der Waals surface area contributed by atoms with Crippen molar-refractivity contribution in [2.75, 3.05) is 43.6 Å². The number of halogens is 3. The van der Waals surface area contributed by atoms with Crippen molar-refractivity contribution in [3.05, 3.63) is 53.6 Å². The lowest BCUT2D eigenvalue weighted by Gasteiger charge is -2.20. The first-order valence-corrected chi connectivity index (χ1v) is 10.2. The number of nitriles is 1. The minimum absolute atomic E-state index is 0.201. The van der Waals surface area contributed by atoms with Gasteiger partial charge in [-0.3, -0.25) is 4.79 Å². The number of anilines is 2. The number of carbonyl (C=O) groups is 1. The summed E-state index contributed by atoms with van der Waals surface area (Å²) in [4.78, 5) is 14.7. The van der Waals surface area contributed by atoms with E-state index < -0.39 is 23.2 Å². The first-order valence-electron chi connectivity index (χ1n) is 10.2. The summed E-state index contributed by atoms with van der Waals surface area (Å²) in [7, 11) is 1.52. The number of benzene rings is 2. The number of rotatable bonds is 7. The van der Waals surface area contributed by atoms with E-state index in [9.17, 15) is 18.0 Å². The molecule has 0 aliphatic carbocycles. The molecule has 1 heterocycles. The fraction of sp³-hybridized carbons (Fsp3) is 0.391. The lowest BCUT2D eigenvalue weighted by atomic mass is 9.96. The Labute approximate surface area is 184 Å². The van der Waals surface area contributed by atoms with E-state index in [0.29, 0.717) is 36.9 Å². The van der Waals surface area contributed by atoms with E-state index in [1.54, 1.807) is 35.2 Å². The van der Waals surface area contributed by atoms with Crippen LogP contribution in [0.4, 0.5) is 24.5 Å². The van der Waals surface area contributed by atoms with Gasteiger partial charge in [0, 0.05) is 37.5 Å². The van der Waals surface area contributed by atoms with Crippen LogP contribution < -0.4 is 15.0 Å². The molecule has 0 spiro atoms. The zero-order valence-electron chi connectivity index (χ0n) is 17.8. The molecule has 6 nitrogen and oxygen atoms in total. The largest absolute Gasteiger partial charge is 0.494 e. The zero-order chi connectivity index (χ0) is 23.3. The van der Waals surface area contributed by atoms with Crippen LogP contribution >= 0.6 is 0 Å². The normalized spacial score (nSPS) is 18.3. The number of nitrogens with one attached hydrogen (secondary N) is 1. The monoisotopic (exact) mass is 447 g/mol. The average Bonchev–Trinajstić information content (AvgIpc) is 3.18. The quantitative estimate of drug-likeness (QED) is 0.685. The second kappa shape index (κ2) is 9.92. The van der Waals surface area contributed by atoms with Gasteiger partial charge in [0.2, 0.25) is 5.91 Å². The van der Waals surface area contributed by atoms with E-state index >= 15 is 0 Å². The van der Waals surface area contributed by atoms with E-state index in [0.717, 1.165) is 12.1 Å². The molecule has 1 saturated heterocycles. The summed E-state index contributed by atoms with van der Waals surface area (Å²) in [5, 5.41) is 11.9. The predicted octanol–water partition coefficient (Wildman–Crippen LogP) is 4.31. The van der Waals surface area contributed by atoms with E-state index in [1.807, 2.05) is 6.92 Å². The number of methoxy groups -OCH3 is 1. The summed E-state index contributed by atoms with van der Waals surface area (Å²) >= 11 is 0. The zero-order valence-corrected chi connectivity index (χ0v) is 17.8. The van der Waals surface area contributed by atoms with Crippen molar-refractivity contribution in [2.45, 2.75) is 13.1 Å². The van der Waals surface area contributed by atoms with Crippen molar-refractivity contribution in [1.29, 1.82) is 5.26 Å². The third-order valence-corrected chi connectivity index (χ3v) is 5.39. The van der Waals surface area contributed by atoms with Gasteiger partial charge in [-0.2, -0.15) is 18.4 Å². The second-order valence-electron chi connectivity index (χ2n) is 7.51. The van der Waals surface area contributed by atoms with Gasteiger partial charge in [0.1, 0.15) is 5.75 Å². The third-order valence-electron chi connectivity index (χ3n) is 5.39. The molecule has 2 aromatic carbocycles. The molecule has 170 valence electrons. The highest BCUT2D eigenvalue weighted by molar-refractivity contribution is 5.93. The maximum atomic E-state index is 13.4. The number of hydrogen-bond acceptors (Lipinski definition) is 5. The van der Waals surface area contributed by atoms with Gasteiger partial charge in [-0.1, -0.05) is 0 Å². The highest BCUT2D eigenvalue weighted by Gasteiger charge is 2.39. The molecule has 0 aromatic heterocycles. The minimum atomic E-state index is -4.64. The highest BCUT2D eigenvalue weighted by Crippen LogP contribution is 2.36. The molecule has 2 atom stereocenters. The van der Waals surface area contributed by atoms with Gasteiger partial charge < -0.3 is 19.7 Å². The van der Waals surface area contributed by atoms with Gasteiger partial charge in [0.05, 0.1) is 36.3 Å². The van der Waals surface area contributed by atoms with Crippen LogP contribution in [0.1, 0.15) is 18.1 Å². The Kier molecular flexibility index (Phi) is 7.26. The Balaban J connectivity index is 1.78. The molecule has 0 saturated carbocycles. The summed E-state index contributed by atoms with van der Waals surface area (Å²) in [6.07, 6.45) is -4.64. The maximum Gasteiger partial charge on any atom is 0.417 e. The maximum absolute atomic E-state index is 13.4. The van der Waals surface area contributed by atoms with Gasteiger partial charge in [-0.25, -0.2) is 0 Å². The first kappa shape index (κ1) is 23.4. The van der Waals surface area contributed by atoms with E-state index in [-0.39, 0.29) is 18.4 Å². The number of amides is 1. The van der Waals surface area contributed by atoms with Crippen LogP contribution in [0.2, 0.25) is 0 Å². The molecule has 2 aromatic rings. The Hall–Kier alpha value is -3.25. The predicted molar refractivity (Wildman–Crippen MR) is 113 cm³/mol. The Bertz CT molecular complexity index is 987. The van der Waals surface area contributed by atoms with Crippen molar-refractivity contribution in [2.24, 2.45) is 11.8 Å². The van der Waals surface area contributed by atoms with Crippen LogP contribution in [0.5, 0.6) is 5.75 Å². The first-order chi connectivity index (χ1) is 15.3. The van der Waals surface area contributed by atoms with E-state index in [4.69, 9.17) is 14.7 Å². The van der Waals surface area contributed by atoms with E-state index in [2.05, 4.69) is 5.32 Å². The van der Waals surface area contributed by atoms with Crippen molar-refractivity contribution >= 4 is 17.3 Å². The Morgan fingerprint density at radius 3 is 2.53 bits per heavy atom. The lowest BCUT2D eigenvalue weighted by molar-refractivity contribution is -0.137. The van der Waals surface area contributed by atoms with Crippen molar-refractivity contribution in [3.8, 4) is 11.8 Å². The van der Waals surface area contributed by atoms with Crippen LogP contribution in [-0.4, -0.2) is 39.3 Å². The fourth-order valence-corrected chi connectivity index (χ4v) is 3.86. The molecule has 1 amide bonds. The lowest BCUT2D eigenvalue weighted by Crippen LogP contribution is -2.31. The smallest absolute Gasteiger partial charge is 0.417 e. The van der Waals surface area contributed by atoms with Crippen molar-refractivity contribution < 1.29 is 27.4 Å². The highest BCUT2D eigenvalue weighted by atomic mass is 19.4. The van der Waals surface area contributed by atoms with Crippen LogP contribution in [0.15, 0.2) is 42.5 Å². The molecular weight excluding hydrogens is 423 g/mol. The summed E-state index contributed by atoms with van der Waals surface area (Å²) < 4.78 is 50.7. The molecule has 1 N–H and O–H groups in total. The summed E-state index contributed by atoms with van der Waals surface area (Å²) in [6, 6.07) is 12.2. The van der Waals surface area contributed by atoms with Gasteiger partial charge in [-0.15, -0.1) is 0 Å². The second-order valence-corrected chi connectivity index (χ2v) is 7.51. The Morgan fingerprint density at radius 1 is 1.22 bits per heavy atom. The van der Waals surface area contributed by atoms with Crippen LogP contribution in [0, 0.1) is 23.2 Å². The molecule has 0 radical (unpaired) electrons. The van der Waals surface area contributed by atoms with Gasteiger partial charge in [0.15, 0.2) is 0 Å². The van der Waals surface area contributed by atoms with Crippen LogP contribution in [-0.2, 0) is 15.7 Å². The number of nitrogens with zero attached hydrogens (tertiary/aromatic N) is 2. The van der Waals surface area contributed by atoms with Crippen molar-refractivity contribution in [1.82, 2.24) is 0 Å². The molecule has 1 aliphatic rings. The SMILES string of the molecule is CCOc1ccc(NC(=O)[C@H]2CN(c3ccc(C#N)c(C(F)(F)F)c3)C[C@@H]2COC)cc1. The summed E-state index contributed by atoms with van der Waals surface area (Å²) in [5.74, 6) is -0.223. The number of hydrogen-bond donors (Lipinski definition) is 1. The molecule has 9 heteroatoms. The fourth-order valence-electron chi connectivity index (χ4n) is 3.86. The standard InChI is InChI=1S/C23H24F3N3O3/c1-3-32-19-8-5-17(6-9-19)28-22(30)20-13-29(12-16(20)14-31-2)18-7-4-15(11-27)21(10-18)23(24,25)26/h4-10,16,20H,3,12-14H2,1-2H3,(H,28,30)/t16-,20+/m1/s1. The number of carbonyl (C=O) groups excluding carboxylic acids is 1. The average molecular weight is 447 g/mol. The van der Waals surface area contributed by atoms with Crippen LogP contribution in [0.3, 0.4) is 0 Å². The molecule has 1 fully saturated rings. The molecular formula is C23H24F3N3O3. The van der Waals surface area contributed by atoms with Crippen LogP contribution in [0.25, 0.3) is 0 Å². The minimum Gasteiger partial charge on any atom is -0.494 e.